The normalized spacial score (nSPS) is 20.8. The highest BCUT2D eigenvalue weighted by molar-refractivity contribution is 5.94. The fourth-order valence-corrected chi connectivity index (χ4v) is 4.45. The fraction of sp³-hybridized carbons (Fsp3) is 0.423. The Hall–Kier alpha value is -3.19. The number of carbonyl (C=O) groups is 3. The van der Waals surface area contributed by atoms with Crippen molar-refractivity contribution >= 4 is 17.6 Å². The highest BCUT2D eigenvalue weighted by Gasteiger charge is 2.44. The quantitative estimate of drug-likeness (QED) is 0.665. The third-order valence-electron chi connectivity index (χ3n) is 6.19. The number of benzene rings is 2. The van der Waals surface area contributed by atoms with Crippen LogP contribution in [0.5, 0.6) is 11.5 Å². The van der Waals surface area contributed by atoms with E-state index < -0.39 is 6.04 Å². The molecular formula is C26H30N2O5. The smallest absolute Gasteiger partial charge is 0.251 e. The number of nitrogens with one attached hydrogen (secondary N) is 1. The molecular weight excluding hydrogens is 420 g/mol. The van der Waals surface area contributed by atoms with Gasteiger partial charge in [-0.2, -0.15) is 0 Å². The first-order valence-corrected chi connectivity index (χ1v) is 11.6. The van der Waals surface area contributed by atoms with Gasteiger partial charge in [0.05, 0.1) is 6.10 Å². The second kappa shape index (κ2) is 10.6. The predicted molar refractivity (Wildman–Crippen MR) is 123 cm³/mol. The third kappa shape index (κ3) is 5.79. The maximum atomic E-state index is 12.8. The lowest BCUT2D eigenvalue weighted by atomic mass is 9.95. The molecule has 0 saturated carbocycles. The van der Waals surface area contributed by atoms with Gasteiger partial charge >= 0.3 is 0 Å². The number of Topliss-reactive ketones (excluding diaryl/α,β-unsaturated/α-hetero) is 1. The van der Waals surface area contributed by atoms with E-state index >= 15 is 0 Å². The van der Waals surface area contributed by atoms with Crippen LogP contribution in [0.3, 0.4) is 0 Å². The summed E-state index contributed by atoms with van der Waals surface area (Å²) >= 11 is 0. The zero-order valence-corrected chi connectivity index (χ0v) is 18.9. The summed E-state index contributed by atoms with van der Waals surface area (Å²) in [5, 5.41) is 2.92. The summed E-state index contributed by atoms with van der Waals surface area (Å²) in [5.41, 5.74) is 0.520. The first kappa shape index (κ1) is 23.0. The lowest BCUT2D eigenvalue weighted by Gasteiger charge is -2.36. The van der Waals surface area contributed by atoms with Gasteiger partial charge in [0.1, 0.15) is 24.1 Å². The minimum absolute atomic E-state index is 0.00596. The number of para-hydroxylation sites is 1. The van der Waals surface area contributed by atoms with Crippen LogP contribution in [0.2, 0.25) is 0 Å². The van der Waals surface area contributed by atoms with Gasteiger partial charge in [-0.3, -0.25) is 14.4 Å². The molecule has 2 aliphatic heterocycles. The maximum Gasteiger partial charge on any atom is 0.251 e. The monoisotopic (exact) mass is 450 g/mol. The molecule has 0 spiro atoms. The van der Waals surface area contributed by atoms with Crippen molar-refractivity contribution in [1.82, 2.24) is 10.2 Å². The number of ether oxygens (including phenoxy) is 2. The first-order chi connectivity index (χ1) is 16.0. The van der Waals surface area contributed by atoms with Gasteiger partial charge in [-0.25, -0.2) is 0 Å². The molecule has 0 aliphatic carbocycles. The summed E-state index contributed by atoms with van der Waals surface area (Å²) in [6.45, 7) is 3.18. The highest BCUT2D eigenvalue weighted by atomic mass is 16.5. The van der Waals surface area contributed by atoms with E-state index in [1.54, 1.807) is 23.1 Å². The second-order valence-corrected chi connectivity index (χ2v) is 8.79. The third-order valence-corrected chi connectivity index (χ3v) is 6.19. The average molecular weight is 451 g/mol. The lowest BCUT2D eigenvalue weighted by Crippen LogP contribution is -2.52. The fourth-order valence-electron chi connectivity index (χ4n) is 4.45. The van der Waals surface area contributed by atoms with E-state index in [9.17, 15) is 14.4 Å². The SMILES string of the molecule is CC(CCNC(=O)c1cccc(Oc2ccccc2)c1)CC(=O)N1CCCC2OCC(=O)C21. The number of ketones is 1. The van der Waals surface area contributed by atoms with Crippen molar-refractivity contribution in [2.45, 2.75) is 44.8 Å². The van der Waals surface area contributed by atoms with Gasteiger partial charge in [0.15, 0.2) is 5.78 Å². The molecule has 2 fully saturated rings. The van der Waals surface area contributed by atoms with Crippen molar-refractivity contribution in [3.63, 3.8) is 0 Å². The zero-order valence-electron chi connectivity index (χ0n) is 18.9. The Morgan fingerprint density at radius 1 is 1.15 bits per heavy atom. The molecule has 2 saturated heterocycles. The Labute approximate surface area is 194 Å². The standard InChI is InChI=1S/C26H30N2O5/c1-18(15-24(30)28-14-6-11-23-25(28)22(29)17-32-23)12-13-27-26(31)19-7-5-10-21(16-19)33-20-8-3-2-4-9-20/h2-5,7-10,16,18,23,25H,6,11-15,17H2,1H3,(H,27,31). The summed E-state index contributed by atoms with van der Waals surface area (Å²) in [5.74, 6) is 1.21. The topological polar surface area (TPSA) is 84.9 Å². The molecule has 2 aromatic carbocycles. The molecule has 174 valence electrons. The minimum Gasteiger partial charge on any atom is -0.457 e. The molecule has 7 heteroatoms. The Morgan fingerprint density at radius 2 is 1.94 bits per heavy atom. The van der Waals surface area contributed by atoms with Gasteiger partial charge in [0, 0.05) is 25.1 Å². The Bertz CT molecular complexity index is 993. The molecule has 0 aromatic heterocycles. The molecule has 2 aromatic rings. The van der Waals surface area contributed by atoms with E-state index in [1.165, 1.54) is 0 Å². The summed E-state index contributed by atoms with van der Waals surface area (Å²) < 4.78 is 11.3. The summed E-state index contributed by atoms with van der Waals surface area (Å²) in [6.07, 6.45) is 2.57. The van der Waals surface area contributed by atoms with Crippen molar-refractivity contribution in [2.75, 3.05) is 19.7 Å². The molecule has 1 N–H and O–H groups in total. The van der Waals surface area contributed by atoms with E-state index in [1.807, 2.05) is 43.3 Å². The number of carbonyl (C=O) groups excluding carboxylic acids is 3. The highest BCUT2D eigenvalue weighted by Crippen LogP contribution is 2.27. The van der Waals surface area contributed by atoms with Crippen LogP contribution in [0.25, 0.3) is 0 Å². The molecule has 2 aliphatic rings. The van der Waals surface area contributed by atoms with Crippen LogP contribution < -0.4 is 10.1 Å². The van der Waals surface area contributed by atoms with Gasteiger partial charge in [0.2, 0.25) is 5.91 Å². The van der Waals surface area contributed by atoms with Gasteiger partial charge in [-0.15, -0.1) is 0 Å². The predicted octanol–water partition coefficient (Wildman–Crippen LogP) is 3.58. The number of piperidine rings is 1. The summed E-state index contributed by atoms with van der Waals surface area (Å²) in [4.78, 5) is 39.2. The van der Waals surface area contributed by atoms with Crippen LogP contribution >= 0.6 is 0 Å². The van der Waals surface area contributed by atoms with E-state index in [-0.39, 0.29) is 36.2 Å². The Kier molecular flexibility index (Phi) is 7.40. The summed E-state index contributed by atoms with van der Waals surface area (Å²) in [7, 11) is 0. The number of amides is 2. The molecule has 33 heavy (non-hydrogen) atoms. The first-order valence-electron chi connectivity index (χ1n) is 11.6. The molecule has 4 rings (SSSR count). The molecule has 7 nitrogen and oxygen atoms in total. The van der Waals surface area contributed by atoms with E-state index in [4.69, 9.17) is 9.47 Å². The largest absolute Gasteiger partial charge is 0.457 e. The van der Waals surface area contributed by atoms with Gasteiger partial charge < -0.3 is 19.7 Å². The summed E-state index contributed by atoms with van der Waals surface area (Å²) in [6, 6.07) is 16.0. The van der Waals surface area contributed by atoms with Crippen molar-refractivity contribution in [3.8, 4) is 11.5 Å². The lowest BCUT2D eigenvalue weighted by molar-refractivity contribution is -0.141. The van der Waals surface area contributed by atoms with E-state index in [2.05, 4.69) is 5.32 Å². The van der Waals surface area contributed by atoms with E-state index in [0.29, 0.717) is 43.0 Å². The minimum atomic E-state index is -0.413. The van der Waals surface area contributed by atoms with Crippen molar-refractivity contribution in [3.05, 3.63) is 60.2 Å². The van der Waals surface area contributed by atoms with Crippen molar-refractivity contribution in [2.24, 2.45) is 5.92 Å². The van der Waals surface area contributed by atoms with Gasteiger partial charge in [-0.1, -0.05) is 31.2 Å². The van der Waals surface area contributed by atoms with Crippen LogP contribution in [0.4, 0.5) is 0 Å². The molecule has 2 heterocycles. The molecule has 3 atom stereocenters. The van der Waals surface area contributed by atoms with Crippen LogP contribution in [-0.4, -0.2) is 54.3 Å². The van der Waals surface area contributed by atoms with Crippen LogP contribution in [0.1, 0.15) is 43.0 Å². The number of rotatable bonds is 8. The molecule has 3 unspecified atom stereocenters. The maximum absolute atomic E-state index is 12.8. The number of likely N-dealkylation sites (tertiary alicyclic amines) is 1. The van der Waals surface area contributed by atoms with Gasteiger partial charge in [-0.05, 0) is 55.5 Å². The number of nitrogens with zero attached hydrogens (tertiary/aromatic N) is 1. The zero-order chi connectivity index (χ0) is 23.2. The molecule has 2 amide bonds. The van der Waals surface area contributed by atoms with Gasteiger partial charge in [0.25, 0.3) is 5.91 Å². The van der Waals surface area contributed by atoms with Crippen molar-refractivity contribution in [1.29, 1.82) is 0 Å². The number of hydrogen-bond acceptors (Lipinski definition) is 5. The van der Waals surface area contributed by atoms with Crippen LogP contribution in [-0.2, 0) is 14.3 Å². The van der Waals surface area contributed by atoms with E-state index in [0.717, 1.165) is 12.8 Å². The average Bonchev–Trinajstić information content (AvgIpc) is 3.21. The molecule has 0 radical (unpaired) electrons. The number of hydrogen-bond donors (Lipinski definition) is 1. The Morgan fingerprint density at radius 3 is 2.76 bits per heavy atom. The van der Waals surface area contributed by atoms with Crippen LogP contribution in [0, 0.1) is 5.92 Å². The second-order valence-electron chi connectivity index (χ2n) is 8.79. The number of fused-ring (bicyclic) bond motifs is 1. The Balaban J connectivity index is 1.23. The van der Waals surface area contributed by atoms with Crippen molar-refractivity contribution < 1.29 is 23.9 Å². The molecule has 0 bridgehead atoms. The van der Waals surface area contributed by atoms with Crippen LogP contribution in [0.15, 0.2) is 54.6 Å².